The summed E-state index contributed by atoms with van der Waals surface area (Å²) in [6.07, 6.45) is 2.64. The van der Waals surface area contributed by atoms with Gasteiger partial charge in [-0.2, -0.15) is 0 Å². The molecule has 1 aromatic carbocycles. The van der Waals surface area contributed by atoms with Crippen molar-refractivity contribution >= 4 is 28.3 Å². The molecular formula is C24H34N2O4. The number of hydrogen-bond donors (Lipinski definition) is 1. The lowest BCUT2D eigenvalue weighted by molar-refractivity contribution is 0.0509. The van der Waals surface area contributed by atoms with Crippen molar-refractivity contribution in [2.24, 2.45) is 0 Å². The summed E-state index contributed by atoms with van der Waals surface area (Å²) in [6.45, 7) is 11.2. The quantitative estimate of drug-likeness (QED) is 0.432. The highest BCUT2D eigenvalue weighted by Crippen LogP contribution is 2.28. The lowest BCUT2D eigenvalue weighted by atomic mass is 10.1. The molecule has 0 unspecified atom stereocenters. The highest BCUT2D eigenvalue weighted by molar-refractivity contribution is 6.12. The number of esters is 1. The van der Waals surface area contributed by atoms with Gasteiger partial charge in [0.25, 0.3) is 5.91 Å². The van der Waals surface area contributed by atoms with E-state index in [2.05, 4.69) is 5.32 Å². The van der Waals surface area contributed by atoms with Gasteiger partial charge in [0, 0.05) is 30.8 Å². The monoisotopic (exact) mass is 414 g/mol. The molecule has 0 aliphatic heterocycles. The molecule has 0 fully saturated rings. The van der Waals surface area contributed by atoms with E-state index in [1.165, 1.54) is 0 Å². The Labute approximate surface area is 179 Å². The largest absolute Gasteiger partial charge is 0.462 e. The van der Waals surface area contributed by atoms with E-state index in [1.54, 1.807) is 25.3 Å². The molecule has 0 radical (unpaired) electrons. The van der Waals surface area contributed by atoms with E-state index >= 15 is 0 Å². The second-order valence-electron chi connectivity index (χ2n) is 5.95. The summed E-state index contributed by atoms with van der Waals surface area (Å²) in [6, 6.07) is 11.0. The van der Waals surface area contributed by atoms with Crippen LogP contribution in [0.15, 0.2) is 42.6 Å². The number of carbonyl (C=O) groups is 2. The second kappa shape index (κ2) is 13.4. The molecule has 6 nitrogen and oxygen atoms in total. The lowest BCUT2D eigenvalue weighted by Crippen LogP contribution is -2.26. The van der Waals surface area contributed by atoms with Gasteiger partial charge in [-0.15, -0.1) is 0 Å². The van der Waals surface area contributed by atoms with Crippen LogP contribution < -0.4 is 5.32 Å². The van der Waals surface area contributed by atoms with Gasteiger partial charge in [0.1, 0.15) is 0 Å². The van der Waals surface area contributed by atoms with E-state index in [4.69, 9.17) is 9.47 Å². The summed E-state index contributed by atoms with van der Waals surface area (Å²) in [5, 5.41) is 3.57. The van der Waals surface area contributed by atoms with Gasteiger partial charge < -0.3 is 19.2 Å². The molecule has 0 aliphatic rings. The van der Waals surface area contributed by atoms with Crippen LogP contribution in [0.2, 0.25) is 0 Å². The number of nitrogens with zero attached hydrogens (tertiary/aromatic N) is 1. The van der Waals surface area contributed by atoms with Gasteiger partial charge in [-0.25, -0.2) is 4.79 Å². The Morgan fingerprint density at radius 3 is 2.40 bits per heavy atom. The fourth-order valence-corrected chi connectivity index (χ4v) is 2.93. The van der Waals surface area contributed by atoms with Crippen LogP contribution >= 0.6 is 0 Å². The zero-order chi connectivity index (χ0) is 22.5. The number of benzene rings is 1. The van der Waals surface area contributed by atoms with Gasteiger partial charge in [-0.1, -0.05) is 46.8 Å². The SMILES string of the molecule is CC.CC.CCCOC(=O)c1c2ccc(C(=O)NCCOC)cc2n2ccccc12. The van der Waals surface area contributed by atoms with Crippen LogP contribution in [-0.4, -0.2) is 43.1 Å². The van der Waals surface area contributed by atoms with Crippen LogP contribution in [0.25, 0.3) is 16.4 Å². The Kier molecular flexibility index (Phi) is 11.2. The fourth-order valence-electron chi connectivity index (χ4n) is 2.93. The van der Waals surface area contributed by atoms with Crippen molar-refractivity contribution in [1.29, 1.82) is 0 Å². The highest BCUT2D eigenvalue weighted by atomic mass is 16.5. The number of carbonyl (C=O) groups excluding carboxylic acids is 2. The zero-order valence-corrected chi connectivity index (χ0v) is 19.0. The summed E-state index contributed by atoms with van der Waals surface area (Å²) in [5.74, 6) is -0.521. The molecule has 30 heavy (non-hydrogen) atoms. The van der Waals surface area contributed by atoms with E-state index in [9.17, 15) is 9.59 Å². The molecule has 0 atom stereocenters. The summed E-state index contributed by atoms with van der Waals surface area (Å²) >= 11 is 0. The Hall–Kier alpha value is -2.86. The average Bonchev–Trinajstić information content (AvgIpc) is 3.14. The summed E-state index contributed by atoms with van der Waals surface area (Å²) in [4.78, 5) is 24.9. The molecule has 1 amide bonds. The second-order valence-corrected chi connectivity index (χ2v) is 5.95. The summed E-state index contributed by atoms with van der Waals surface area (Å²) in [5.41, 5.74) is 2.62. The highest BCUT2D eigenvalue weighted by Gasteiger charge is 2.20. The van der Waals surface area contributed by atoms with E-state index < -0.39 is 0 Å². The lowest BCUT2D eigenvalue weighted by Gasteiger charge is -2.05. The van der Waals surface area contributed by atoms with Gasteiger partial charge in [0.05, 0.1) is 29.8 Å². The van der Waals surface area contributed by atoms with Gasteiger partial charge in [-0.3, -0.25) is 4.79 Å². The molecule has 0 saturated carbocycles. The molecule has 0 saturated heterocycles. The zero-order valence-electron chi connectivity index (χ0n) is 19.0. The van der Waals surface area contributed by atoms with E-state index in [-0.39, 0.29) is 11.9 Å². The molecule has 6 heteroatoms. The maximum absolute atomic E-state index is 12.6. The number of fused-ring (bicyclic) bond motifs is 3. The van der Waals surface area contributed by atoms with Crippen LogP contribution in [-0.2, 0) is 9.47 Å². The fraction of sp³-hybridized carbons (Fsp3) is 0.417. The molecule has 2 aromatic heterocycles. The molecule has 3 aromatic rings. The number of hydrogen-bond acceptors (Lipinski definition) is 4. The Morgan fingerprint density at radius 1 is 1.00 bits per heavy atom. The van der Waals surface area contributed by atoms with Gasteiger partial charge >= 0.3 is 5.97 Å². The van der Waals surface area contributed by atoms with Crippen LogP contribution in [0.1, 0.15) is 61.8 Å². The Bertz CT molecular complexity index is 947. The normalized spacial score (nSPS) is 9.93. The van der Waals surface area contributed by atoms with Gasteiger partial charge in [-0.05, 0) is 30.7 Å². The van der Waals surface area contributed by atoms with Crippen molar-refractivity contribution in [3.63, 3.8) is 0 Å². The van der Waals surface area contributed by atoms with Crippen LogP contribution in [0, 0.1) is 0 Å². The van der Waals surface area contributed by atoms with E-state index in [0.717, 1.165) is 22.8 Å². The van der Waals surface area contributed by atoms with Crippen molar-refractivity contribution in [2.75, 3.05) is 26.9 Å². The summed E-state index contributed by atoms with van der Waals surface area (Å²) < 4.78 is 12.2. The first kappa shape index (κ1) is 25.2. The maximum Gasteiger partial charge on any atom is 0.340 e. The molecule has 0 spiro atoms. The number of methoxy groups -OCH3 is 1. The van der Waals surface area contributed by atoms with Crippen LogP contribution in [0.4, 0.5) is 0 Å². The third kappa shape index (κ3) is 5.83. The van der Waals surface area contributed by atoms with Crippen LogP contribution in [0.3, 0.4) is 0 Å². The maximum atomic E-state index is 12.6. The van der Waals surface area contributed by atoms with Crippen molar-refractivity contribution in [2.45, 2.75) is 41.0 Å². The number of ether oxygens (including phenoxy) is 2. The van der Waals surface area contributed by atoms with Crippen LogP contribution in [0.5, 0.6) is 0 Å². The van der Waals surface area contributed by atoms with E-state index in [0.29, 0.717) is 30.9 Å². The smallest absolute Gasteiger partial charge is 0.340 e. The number of amides is 1. The van der Waals surface area contributed by atoms with Crippen molar-refractivity contribution < 1.29 is 19.1 Å². The Balaban J connectivity index is 0.00000106. The predicted molar refractivity (Wildman–Crippen MR) is 122 cm³/mol. The standard InChI is InChI=1S/C20H22N2O4.2C2H6/c1-3-11-26-20(24)18-15-8-7-14(19(23)21-9-12-25-2)13-17(15)22-10-5-4-6-16(18)22;2*1-2/h4-8,10,13H,3,9,11-12H2,1-2H3,(H,21,23);2*1-2H3. The third-order valence-electron chi connectivity index (χ3n) is 4.14. The number of pyridine rings is 1. The first-order valence-corrected chi connectivity index (χ1v) is 10.6. The predicted octanol–water partition coefficient (Wildman–Crippen LogP) is 5.09. The summed E-state index contributed by atoms with van der Waals surface area (Å²) in [7, 11) is 1.59. The molecule has 0 bridgehead atoms. The molecule has 3 rings (SSSR count). The first-order valence-electron chi connectivity index (χ1n) is 10.6. The molecule has 0 aliphatic carbocycles. The number of rotatable bonds is 7. The molecular weight excluding hydrogens is 380 g/mol. The first-order chi connectivity index (χ1) is 14.7. The Morgan fingerprint density at radius 2 is 1.73 bits per heavy atom. The molecule has 1 N–H and O–H groups in total. The average molecular weight is 415 g/mol. The van der Waals surface area contributed by atoms with Gasteiger partial charge in [0.2, 0.25) is 0 Å². The minimum atomic E-state index is -0.345. The molecule has 164 valence electrons. The van der Waals surface area contributed by atoms with Gasteiger partial charge in [0.15, 0.2) is 0 Å². The number of nitrogens with one attached hydrogen (secondary N) is 1. The van der Waals surface area contributed by atoms with Crippen molar-refractivity contribution in [3.05, 3.63) is 53.7 Å². The third-order valence-corrected chi connectivity index (χ3v) is 4.14. The van der Waals surface area contributed by atoms with E-state index in [1.807, 2.05) is 63.4 Å². The van der Waals surface area contributed by atoms with Crippen molar-refractivity contribution in [3.8, 4) is 0 Å². The topological polar surface area (TPSA) is 69.0 Å². The minimum absolute atomic E-state index is 0.176. The molecule has 2 heterocycles. The number of aromatic nitrogens is 1. The minimum Gasteiger partial charge on any atom is -0.462 e. The van der Waals surface area contributed by atoms with Crippen molar-refractivity contribution in [1.82, 2.24) is 9.72 Å².